The van der Waals surface area contributed by atoms with Gasteiger partial charge >= 0.3 is 0 Å². The van der Waals surface area contributed by atoms with Gasteiger partial charge in [-0.15, -0.1) is 0 Å². The molecule has 4 aliphatic carbocycles. The Bertz CT molecular complexity index is 569. The molecule has 3 nitrogen and oxygen atoms in total. The predicted molar refractivity (Wildman–Crippen MR) is 92.3 cm³/mol. The van der Waals surface area contributed by atoms with Crippen LogP contribution in [-0.2, 0) is 9.59 Å². The quantitative estimate of drug-likeness (QED) is 0.795. The van der Waals surface area contributed by atoms with E-state index in [0.29, 0.717) is 30.0 Å². The standard InChI is InChI=1S/C21H32O3/c1-12(22)16-6-7-17-15-5-4-13-10-14(23)8-9-20(13,2)19(15)18(24)11-21(16,17)3/h13-17,19,23H,4-11H2,1-3H3/t13-,14-,15+,16-,17+,19-,20+,21-/m1/s1. The minimum absolute atomic E-state index is 0.0782. The molecule has 24 heavy (non-hydrogen) atoms. The van der Waals surface area contributed by atoms with Gasteiger partial charge in [-0.1, -0.05) is 13.8 Å². The van der Waals surface area contributed by atoms with E-state index in [9.17, 15) is 14.7 Å². The van der Waals surface area contributed by atoms with E-state index in [4.69, 9.17) is 0 Å². The fourth-order valence-electron chi connectivity index (χ4n) is 7.72. The van der Waals surface area contributed by atoms with Crippen molar-refractivity contribution in [3.05, 3.63) is 0 Å². The Labute approximate surface area is 145 Å². The highest BCUT2D eigenvalue weighted by Crippen LogP contribution is 2.66. The van der Waals surface area contributed by atoms with Gasteiger partial charge in [0.05, 0.1) is 6.10 Å². The molecule has 0 bridgehead atoms. The number of hydrogen-bond donors (Lipinski definition) is 1. The highest BCUT2D eigenvalue weighted by Gasteiger charge is 2.63. The van der Waals surface area contributed by atoms with Crippen molar-refractivity contribution in [1.29, 1.82) is 0 Å². The molecule has 134 valence electrons. The molecule has 0 unspecified atom stereocenters. The molecule has 4 rings (SSSR count). The van der Waals surface area contributed by atoms with Gasteiger partial charge in [-0.3, -0.25) is 9.59 Å². The zero-order valence-corrected chi connectivity index (χ0v) is 15.4. The van der Waals surface area contributed by atoms with Crippen molar-refractivity contribution in [3.8, 4) is 0 Å². The van der Waals surface area contributed by atoms with E-state index in [0.717, 1.165) is 44.9 Å². The van der Waals surface area contributed by atoms with Crippen LogP contribution in [0, 0.1) is 40.4 Å². The molecule has 0 saturated heterocycles. The second-order valence-corrected chi connectivity index (χ2v) is 9.85. The van der Waals surface area contributed by atoms with E-state index in [2.05, 4.69) is 13.8 Å². The Hall–Kier alpha value is -0.700. The lowest BCUT2D eigenvalue weighted by molar-refractivity contribution is -0.162. The summed E-state index contributed by atoms with van der Waals surface area (Å²) < 4.78 is 0. The average molecular weight is 332 g/mol. The zero-order valence-electron chi connectivity index (χ0n) is 15.4. The summed E-state index contributed by atoms with van der Waals surface area (Å²) in [7, 11) is 0. The van der Waals surface area contributed by atoms with Crippen LogP contribution in [0.1, 0.15) is 72.1 Å². The lowest BCUT2D eigenvalue weighted by atomic mass is 9.44. The molecule has 8 atom stereocenters. The molecule has 4 aliphatic rings. The molecule has 1 N–H and O–H groups in total. The monoisotopic (exact) mass is 332 g/mol. The van der Waals surface area contributed by atoms with Crippen molar-refractivity contribution < 1.29 is 14.7 Å². The van der Waals surface area contributed by atoms with E-state index < -0.39 is 0 Å². The van der Waals surface area contributed by atoms with Gasteiger partial charge in [0.2, 0.25) is 0 Å². The van der Waals surface area contributed by atoms with Crippen molar-refractivity contribution in [3.63, 3.8) is 0 Å². The summed E-state index contributed by atoms with van der Waals surface area (Å²) in [5, 5.41) is 10.1. The van der Waals surface area contributed by atoms with Crippen molar-refractivity contribution >= 4 is 11.6 Å². The Balaban J connectivity index is 1.68. The summed E-state index contributed by atoms with van der Waals surface area (Å²) in [6.07, 6.45) is 7.53. The first-order valence-electron chi connectivity index (χ1n) is 9.98. The first kappa shape index (κ1) is 16.8. The molecule has 0 amide bonds. The van der Waals surface area contributed by atoms with Gasteiger partial charge in [-0.2, -0.15) is 0 Å². The van der Waals surface area contributed by atoms with Gasteiger partial charge in [0.1, 0.15) is 11.6 Å². The molecule has 4 saturated carbocycles. The van der Waals surface area contributed by atoms with Crippen LogP contribution in [0.3, 0.4) is 0 Å². The van der Waals surface area contributed by atoms with Crippen molar-refractivity contribution in [2.75, 3.05) is 0 Å². The minimum Gasteiger partial charge on any atom is -0.393 e. The van der Waals surface area contributed by atoms with Gasteiger partial charge < -0.3 is 5.11 Å². The molecule has 0 aromatic carbocycles. The van der Waals surface area contributed by atoms with Gasteiger partial charge in [0.15, 0.2) is 0 Å². The van der Waals surface area contributed by atoms with Crippen LogP contribution in [0.25, 0.3) is 0 Å². The van der Waals surface area contributed by atoms with Crippen LogP contribution in [0.4, 0.5) is 0 Å². The highest BCUT2D eigenvalue weighted by atomic mass is 16.3. The number of hydrogen-bond acceptors (Lipinski definition) is 3. The topological polar surface area (TPSA) is 54.4 Å². The van der Waals surface area contributed by atoms with Crippen molar-refractivity contribution in [1.82, 2.24) is 0 Å². The number of carbonyl (C=O) groups excluding carboxylic acids is 2. The number of aliphatic hydroxyl groups excluding tert-OH is 1. The lowest BCUT2D eigenvalue weighted by Crippen LogP contribution is -2.58. The molecular weight excluding hydrogens is 300 g/mol. The second kappa shape index (κ2) is 5.40. The van der Waals surface area contributed by atoms with Crippen LogP contribution in [-0.4, -0.2) is 22.8 Å². The normalized spacial score (nSPS) is 53.9. The number of carbonyl (C=O) groups is 2. The molecule has 0 aliphatic heterocycles. The summed E-state index contributed by atoms with van der Waals surface area (Å²) in [6, 6.07) is 0. The van der Waals surface area contributed by atoms with Gasteiger partial charge in [-0.25, -0.2) is 0 Å². The third-order valence-electron chi connectivity index (χ3n) is 8.81. The average Bonchev–Trinajstić information content (AvgIpc) is 2.84. The van der Waals surface area contributed by atoms with E-state index in [1.54, 1.807) is 6.92 Å². The molecule has 0 aromatic heterocycles. The number of ketones is 2. The zero-order chi connectivity index (χ0) is 17.3. The van der Waals surface area contributed by atoms with Gasteiger partial charge in [0, 0.05) is 18.3 Å². The highest BCUT2D eigenvalue weighted by molar-refractivity contribution is 5.87. The van der Waals surface area contributed by atoms with E-state index in [1.165, 1.54) is 0 Å². The van der Waals surface area contributed by atoms with E-state index in [-0.39, 0.29) is 34.6 Å². The smallest absolute Gasteiger partial charge is 0.137 e. The number of aliphatic hydroxyl groups is 1. The van der Waals surface area contributed by atoms with Gasteiger partial charge in [-0.05, 0) is 80.5 Å². The maximum atomic E-state index is 13.3. The minimum atomic E-state index is -0.169. The first-order chi connectivity index (χ1) is 11.3. The Morgan fingerprint density at radius 3 is 2.54 bits per heavy atom. The van der Waals surface area contributed by atoms with Crippen LogP contribution >= 0.6 is 0 Å². The predicted octanol–water partition coefficient (Wildman–Crippen LogP) is 3.77. The largest absolute Gasteiger partial charge is 0.393 e. The van der Waals surface area contributed by atoms with Crippen LogP contribution in [0.15, 0.2) is 0 Å². The van der Waals surface area contributed by atoms with Crippen molar-refractivity contribution in [2.45, 2.75) is 78.2 Å². The third-order valence-corrected chi connectivity index (χ3v) is 8.81. The summed E-state index contributed by atoms with van der Waals surface area (Å²) in [4.78, 5) is 25.5. The maximum absolute atomic E-state index is 13.3. The molecule has 3 heteroatoms. The van der Waals surface area contributed by atoms with Crippen LogP contribution in [0.5, 0.6) is 0 Å². The Morgan fingerprint density at radius 1 is 1.08 bits per heavy atom. The van der Waals surface area contributed by atoms with E-state index in [1.807, 2.05) is 0 Å². The van der Waals surface area contributed by atoms with E-state index >= 15 is 0 Å². The van der Waals surface area contributed by atoms with Crippen LogP contribution < -0.4 is 0 Å². The number of Topliss-reactive ketones (excluding diaryl/α,β-unsaturated/α-hetero) is 2. The SMILES string of the molecule is CC(=O)[C@H]1CC[C@H]2[C@@H]3CC[C@@H]4C[C@H](O)CC[C@]4(C)[C@H]3C(=O)C[C@]12C. The first-order valence-corrected chi connectivity index (χ1v) is 9.98. The molecule has 0 radical (unpaired) electrons. The lowest BCUT2D eigenvalue weighted by Gasteiger charge is -2.59. The van der Waals surface area contributed by atoms with Crippen LogP contribution in [0.2, 0.25) is 0 Å². The fourth-order valence-corrected chi connectivity index (χ4v) is 7.72. The van der Waals surface area contributed by atoms with Gasteiger partial charge in [0.25, 0.3) is 0 Å². The molecular formula is C21H32O3. The van der Waals surface area contributed by atoms with Crippen molar-refractivity contribution in [2.24, 2.45) is 40.4 Å². The third kappa shape index (κ3) is 2.12. The maximum Gasteiger partial charge on any atom is 0.137 e. The molecule has 0 heterocycles. The molecule has 0 spiro atoms. The number of rotatable bonds is 1. The summed E-state index contributed by atoms with van der Waals surface area (Å²) >= 11 is 0. The summed E-state index contributed by atoms with van der Waals surface area (Å²) in [5.41, 5.74) is -0.0175. The summed E-state index contributed by atoms with van der Waals surface area (Å²) in [6.45, 7) is 6.28. The number of fused-ring (bicyclic) bond motifs is 5. The summed E-state index contributed by atoms with van der Waals surface area (Å²) in [5.74, 6) is 2.48. The Kier molecular flexibility index (Phi) is 3.77. The fraction of sp³-hybridized carbons (Fsp3) is 0.905. The second-order valence-electron chi connectivity index (χ2n) is 9.85. The molecule has 4 fully saturated rings. The Morgan fingerprint density at radius 2 is 1.83 bits per heavy atom. The molecule has 0 aromatic rings.